The topological polar surface area (TPSA) is 239 Å². The van der Waals surface area contributed by atoms with Crippen molar-refractivity contribution in [2.45, 2.75) is 94.8 Å². The number of likely N-dealkylation sites (tertiary alicyclic amines) is 2. The number of alkyl halides is 3. The molecule has 70 heavy (non-hydrogen) atoms. The first-order valence-corrected chi connectivity index (χ1v) is 23.6. The number of nitrogens with zero attached hydrogens (tertiary/aromatic N) is 6. The van der Waals surface area contributed by atoms with Gasteiger partial charge in [-0.25, -0.2) is 9.97 Å². The quantitative estimate of drug-likeness (QED) is 0.0806. The van der Waals surface area contributed by atoms with Crippen molar-refractivity contribution >= 4 is 52.2 Å². The number of aromatic nitrogens is 3. The Morgan fingerprint density at radius 1 is 0.886 bits per heavy atom. The van der Waals surface area contributed by atoms with Crippen molar-refractivity contribution in [2.24, 2.45) is 5.92 Å². The molecule has 0 unspecified atom stereocenters. The van der Waals surface area contributed by atoms with Crippen molar-refractivity contribution in [2.75, 3.05) is 85.2 Å². The van der Waals surface area contributed by atoms with E-state index in [0.29, 0.717) is 31.3 Å². The lowest BCUT2D eigenvalue weighted by Gasteiger charge is -2.44. The van der Waals surface area contributed by atoms with Crippen LogP contribution in [0.1, 0.15) is 69.5 Å². The van der Waals surface area contributed by atoms with E-state index in [-0.39, 0.29) is 131 Å². The van der Waals surface area contributed by atoms with Crippen molar-refractivity contribution in [3.63, 3.8) is 0 Å². The first kappa shape index (κ1) is 53.3. The van der Waals surface area contributed by atoms with Crippen LogP contribution in [-0.4, -0.2) is 175 Å². The van der Waals surface area contributed by atoms with Gasteiger partial charge < -0.3 is 55.5 Å². The lowest BCUT2D eigenvalue weighted by atomic mass is 9.84. The molecule has 1 aromatic carbocycles. The summed E-state index contributed by atoms with van der Waals surface area (Å²) in [6, 6.07) is 5.33. The summed E-state index contributed by atoms with van der Waals surface area (Å²) < 4.78 is 57.0. The number of hydrogen-bond acceptors (Lipinski definition) is 14. The van der Waals surface area contributed by atoms with Crippen molar-refractivity contribution in [1.82, 2.24) is 50.9 Å². The Morgan fingerprint density at radius 2 is 1.61 bits per heavy atom. The van der Waals surface area contributed by atoms with Gasteiger partial charge >= 0.3 is 6.18 Å². The highest BCUT2D eigenvalue weighted by molar-refractivity contribution is 5.93. The van der Waals surface area contributed by atoms with Crippen LogP contribution in [0.3, 0.4) is 0 Å². The molecule has 20 nitrogen and oxygen atoms in total. The fraction of sp³-hybridized carbons (Fsp3) is 0.596. The molecule has 3 fully saturated rings. The molecule has 5 N–H and O–H groups in total. The number of ether oxygens (including phenoxy) is 3. The second-order valence-electron chi connectivity index (χ2n) is 17.9. The minimum Gasteiger partial charge on any atom is -0.377 e. The largest absolute Gasteiger partial charge is 0.416 e. The summed E-state index contributed by atoms with van der Waals surface area (Å²) in [7, 11) is 3.70. The van der Waals surface area contributed by atoms with Crippen LogP contribution in [0.5, 0.6) is 0 Å². The monoisotopic (exact) mass is 983 g/mol. The van der Waals surface area contributed by atoms with Gasteiger partial charge in [0, 0.05) is 75.9 Å². The molecular formula is C47H64F3N11O9. The predicted octanol–water partition coefficient (Wildman–Crippen LogP) is 1.81. The number of amides is 6. The van der Waals surface area contributed by atoms with Gasteiger partial charge in [-0.2, -0.15) is 13.2 Å². The first-order chi connectivity index (χ1) is 33.5. The number of carbonyl (C=O) groups excluding carboxylic acids is 6. The molecule has 0 radical (unpaired) electrons. The van der Waals surface area contributed by atoms with E-state index < -0.39 is 41.7 Å². The number of hydrogen-bond donors (Lipinski definition) is 5. The van der Waals surface area contributed by atoms with Gasteiger partial charge in [-0.1, -0.05) is 6.07 Å². The molecule has 0 bridgehead atoms. The molecule has 382 valence electrons. The lowest BCUT2D eigenvalue weighted by molar-refractivity contribution is -0.137. The van der Waals surface area contributed by atoms with E-state index in [1.165, 1.54) is 12.4 Å². The van der Waals surface area contributed by atoms with E-state index in [1.54, 1.807) is 35.3 Å². The zero-order valence-electron chi connectivity index (χ0n) is 40.0. The standard InChI is InChI=1S/C47H64F3N11O9/c1-29(2)59(3)32-8-10-38(61-17-12-36(46(61)67)58-44-33-22-31(47(48,49)50)7-9-35(33)55-28-56-44)37(23-32)57-41(64)27-69-19-15-53-39(62)11-14-52-40(63)26-70-21-20-68-18-16-54-45(66)34-24-42(65)60(4)43(34)30-6-5-13-51-25-30/h5-7,9,13,22,25,28-29,32,34,36-38,43H,8,10-12,14-21,23-24,26-27H2,1-4H3,(H,52,63)(H,53,62)(H,54,66)(H,57,64)(H,55,56,58)/t32-,34+,36+,37-,38+,43-/m1/s1. The Labute approximate surface area is 404 Å². The maximum atomic E-state index is 13.9. The van der Waals surface area contributed by atoms with Crippen LogP contribution < -0.4 is 26.6 Å². The van der Waals surface area contributed by atoms with E-state index in [9.17, 15) is 41.9 Å². The summed E-state index contributed by atoms with van der Waals surface area (Å²) in [5.41, 5.74) is 0.248. The molecule has 3 aromatic rings. The summed E-state index contributed by atoms with van der Waals surface area (Å²) in [4.78, 5) is 94.9. The number of pyridine rings is 1. The third-order valence-corrected chi connectivity index (χ3v) is 13.0. The molecule has 3 aliphatic rings. The van der Waals surface area contributed by atoms with Crippen molar-refractivity contribution in [3.05, 3.63) is 60.2 Å². The van der Waals surface area contributed by atoms with E-state index in [2.05, 4.69) is 60.3 Å². The van der Waals surface area contributed by atoms with Gasteiger partial charge in [-0.3, -0.25) is 33.8 Å². The number of rotatable bonds is 24. The zero-order chi connectivity index (χ0) is 50.4. The number of halogens is 3. The van der Waals surface area contributed by atoms with Crippen molar-refractivity contribution < 1.29 is 56.1 Å². The van der Waals surface area contributed by atoms with Gasteiger partial charge in [0.05, 0.1) is 61.6 Å². The van der Waals surface area contributed by atoms with Crippen molar-refractivity contribution in [1.29, 1.82) is 0 Å². The number of carbonyl (C=O) groups is 6. The van der Waals surface area contributed by atoms with Gasteiger partial charge in [0.2, 0.25) is 35.4 Å². The normalized spacial score (nSPS) is 21.7. The van der Waals surface area contributed by atoms with Gasteiger partial charge in [-0.05, 0) is 76.4 Å². The smallest absolute Gasteiger partial charge is 0.377 e. The van der Waals surface area contributed by atoms with E-state index in [0.717, 1.165) is 24.1 Å². The van der Waals surface area contributed by atoms with Crippen LogP contribution in [0.4, 0.5) is 19.0 Å². The van der Waals surface area contributed by atoms with Gasteiger partial charge in [0.15, 0.2) is 0 Å². The third kappa shape index (κ3) is 14.5. The summed E-state index contributed by atoms with van der Waals surface area (Å²) in [6.07, 6.45) is 2.45. The molecule has 4 heterocycles. The molecule has 1 aliphatic carbocycles. The van der Waals surface area contributed by atoms with Crippen LogP contribution >= 0.6 is 0 Å². The van der Waals surface area contributed by atoms with E-state index >= 15 is 0 Å². The Balaban J connectivity index is 0.836. The average molecular weight is 984 g/mol. The SMILES string of the molecule is CC(C)N(C)[C@@H]1CC[C@H](N2CC[C@H](Nc3ncnc4ccc(C(F)(F)F)cc34)C2=O)[C@H](NC(=O)COCCNC(=O)CCNC(=O)COCCOCCNC(=O)[C@H]2CC(=O)N(C)[C@@H]2c2cccnc2)C1. The molecule has 1 saturated carbocycles. The molecule has 2 aromatic heterocycles. The number of fused-ring (bicyclic) bond motifs is 1. The van der Waals surface area contributed by atoms with Crippen LogP contribution in [0.25, 0.3) is 10.9 Å². The minimum atomic E-state index is -4.57. The Hall–Kier alpha value is -6.04. The summed E-state index contributed by atoms with van der Waals surface area (Å²) in [5.74, 6) is -2.14. The zero-order valence-corrected chi connectivity index (χ0v) is 40.0. The van der Waals surface area contributed by atoms with E-state index in [4.69, 9.17) is 14.2 Å². The fourth-order valence-electron chi connectivity index (χ4n) is 9.14. The Morgan fingerprint density at radius 3 is 2.37 bits per heavy atom. The number of nitrogens with one attached hydrogen (secondary N) is 5. The van der Waals surface area contributed by atoms with Gasteiger partial charge in [-0.15, -0.1) is 0 Å². The molecule has 2 saturated heterocycles. The predicted molar refractivity (Wildman–Crippen MR) is 248 cm³/mol. The van der Waals surface area contributed by atoms with Crippen LogP contribution in [-0.2, 0) is 49.2 Å². The highest BCUT2D eigenvalue weighted by Gasteiger charge is 2.44. The number of benzene rings is 1. The van der Waals surface area contributed by atoms with Crippen LogP contribution in [0.2, 0.25) is 0 Å². The lowest BCUT2D eigenvalue weighted by Crippen LogP contribution is -2.59. The second kappa shape index (κ2) is 25.2. The molecule has 6 amide bonds. The highest BCUT2D eigenvalue weighted by Crippen LogP contribution is 2.37. The number of anilines is 1. The molecular weight excluding hydrogens is 920 g/mol. The Kier molecular flexibility index (Phi) is 19.2. The molecule has 6 rings (SSSR count). The Bertz CT molecular complexity index is 2280. The van der Waals surface area contributed by atoms with Gasteiger partial charge in [0.25, 0.3) is 0 Å². The first-order valence-electron chi connectivity index (χ1n) is 23.6. The average Bonchev–Trinajstić information content (AvgIpc) is 3.85. The summed E-state index contributed by atoms with van der Waals surface area (Å²) in [5, 5.41) is 14.4. The second-order valence-corrected chi connectivity index (χ2v) is 17.9. The summed E-state index contributed by atoms with van der Waals surface area (Å²) in [6.45, 7) is 5.03. The van der Waals surface area contributed by atoms with Crippen LogP contribution in [0.15, 0.2) is 49.1 Å². The third-order valence-electron chi connectivity index (χ3n) is 13.0. The molecule has 2 aliphatic heterocycles. The highest BCUT2D eigenvalue weighted by atomic mass is 19.4. The minimum absolute atomic E-state index is 0.00462. The van der Waals surface area contributed by atoms with E-state index in [1.807, 2.05) is 13.1 Å². The summed E-state index contributed by atoms with van der Waals surface area (Å²) >= 11 is 0. The van der Waals surface area contributed by atoms with Gasteiger partial charge in [0.1, 0.15) is 31.4 Å². The maximum absolute atomic E-state index is 13.9. The van der Waals surface area contributed by atoms with Crippen LogP contribution in [0, 0.1) is 5.92 Å². The van der Waals surface area contributed by atoms with Crippen molar-refractivity contribution in [3.8, 4) is 0 Å². The molecule has 23 heteroatoms. The molecule has 0 spiro atoms. The fourth-order valence-corrected chi connectivity index (χ4v) is 9.14. The molecule has 6 atom stereocenters. The maximum Gasteiger partial charge on any atom is 0.416 e.